The molecular formula is C31H36Cl2N2O2. The minimum Gasteiger partial charge on any atom is -0.352 e. The Labute approximate surface area is 231 Å². The summed E-state index contributed by atoms with van der Waals surface area (Å²) in [4.78, 5) is 29.1. The van der Waals surface area contributed by atoms with Crippen LogP contribution in [0.4, 0.5) is 0 Å². The second-order valence-electron chi connectivity index (χ2n) is 9.42. The number of halogens is 2. The molecule has 0 saturated heterocycles. The average Bonchev–Trinajstić information content (AvgIpc) is 2.91. The molecular weight excluding hydrogens is 503 g/mol. The number of carbonyl (C=O) groups is 2. The van der Waals surface area contributed by atoms with Gasteiger partial charge in [-0.2, -0.15) is 0 Å². The first kappa shape index (κ1) is 28.7. The van der Waals surface area contributed by atoms with Gasteiger partial charge < -0.3 is 10.2 Å². The van der Waals surface area contributed by atoms with Crippen LogP contribution in [0.2, 0.25) is 10.0 Å². The Hall–Kier alpha value is -2.82. The smallest absolute Gasteiger partial charge is 0.243 e. The summed E-state index contributed by atoms with van der Waals surface area (Å²) in [5, 5.41) is 4.03. The molecule has 3 aromatic carbocycles. The molecule has 0 saturated carbocycles. The minimum absolute atomic E-state index is 0.0105. The predicted molar refractivity (Wildman–Crippen MR) is 153 cm³/mol. The number of carbonyl (C=O) groups excluding carboxylic acids is 2. The quantitative estimate of drug-likeness (QED) is 0.268. The molecule has 196 valence electrons. The predicted octanol–water partition coefficient (Wildman–Crippen LogP) is 7.04. The van der Waals surface area contributed by atoms with Crippen LogP contribution in [0, 0.1) is 0 Å². The van der Waals surface area contributed by atoms with E-state index in [1.54, 1.807) is 23.1 Å². The maximum atomic E-state index is 13.8. The van der Waals surface area contributed by atoms with Crippen molar-refractivity contribution < 1.29 is 9.59 Å². The Kier molecular flexibility index (Phi) is 11.0. The molecule has 37 heavy (non-hydrogen) atoms. The molecule has 2 atom stereocenters. The van der Waals surface area contributed by atoms with E-state index in [0.29, 0.717) is 28.5 Å². The molecule has 3 aromatic rings. The summed E-state index contributed by atoms with van der Waals surface area (Å²) in [6.45, 7) is 6.26. The number of hydrogen-bond acceptors (Lipinski definition) is 2. The fraction of sp³-hybridized carbons (Fsp3) is 0.355. The van der Waals surface area contributed by atoms with Crippen molar-refractivity contribution in [2.45, 2.75) is 71.5 Å². The summed E-state index contributed by atoms with van der Waals surface area (Å²) in [6, 6.07) is 22.7. The van der Waals surface area contributed by atoms with Gasteiger partial charge in [0.05, 0.1) is 0 Å². The van der Waals surface area contributed by atoms with E-state index >= 15 is 0 Å². The van der Waals surface area contributed by atoms with Crippen LogP contribution in [-0.4, -0.2) is 28.8 Å². The zero-order valence-corrected chi connectivity index (χ0v) is 23.4. The second-order valence-corrected chi connectivity index (χ2v) is 10.2. The summed E-state index contributed by atoms with van der Waals surface area (Å²) in [7, 11) is 0. The molecule has 0 aromatic heterocycles. The SMILES string of the molecule is CCc1ccc(CCC(=O)N(Cc2c(Cl)cccc2Cl)C(Cc2ccccc2)C(=O)NC(C)CC)cc1. The van der Waals surface area contributed by atoms with Gasteiger partial charge in [-0.3, -0.25) is 9.59 Å². The average molecular weight is 540 g/mol. The van der Waals surface area contributed by atoms with Crippen molar-refractivity contribution in [1.29, 1.82) is 0 Å². The van der Waals surface area contributed by atoms with Gasteiger partial charge in [0.2, 0.25) is 11.8 Å². The highest BCUT2D eigenvalue weighted by Crippen LogP contribution is 2.27. The first-order valence-electron chi connectivity index (χ1n) is 13.0. The molecule has 0 heterocycles. The number of amides is 2. The van der Waals surface area contributed by atoms with Crippen molar-refractivity contribution >= 4 is 35.0 Å². The Morgan fingerprint density at radius 3 is 2.05 bits per heavy atom. The third-order valence-electron chi connectivity index (χ3n) is 6.72. The lowest BCUT2D eigenvalue weighted by molar-refractivity contribution is -0.141. The number of nitrogens with zero attached hydrogens (tertiary/aromatic N) is 1. The summed E-state index contributed by atoms with van der Waals surface area (Å²) in [5.74, 6) is -0.294. The van der Waals surface area contributed by atoms with E-state index in [0.717, 1.165) is 24.0 Å². The van der Waals surface area contributed by atoms with Crippen molar-refractivity contribution in [1.82, 2.24) is 10.2 Å². The summed E-state index contributed by atoms with van der Waals surface area (Å²) >= 11 is 13.0. The Balaban J connectivity index is 1.94. The lowest BCUT2D eigenvalue weighted by atomic mass is 10.0. The topological polar surface area (TPSA) is 49.4 Å². The van der Waals surface area contributed by atoms with E-state index in [1.807, 2.05) is 44.2 Å². The van der Waals surface area contributed by atoms with Crippen molar-refractivity contribution in [2.24, 2.45) is 0 Å². The summed E-state index contributed by atoms with van der Waals surface area (Å²) in [6.07, 6.45) is 3.01. The van der Waals surface area contributed by atoms with Crippen LogP contribution in [0.1, 0.15) is 55.9 Å². The number of rotatable bonds is 12. The van der Waals surface area contributed by atoms with Crippen LogP contribution in [0.3, 0.4) is 0 Å². The number of nitrogens with one attached hydrogen (secondary N) is 1. The van der Waals surface area contributed by atoms with E-state index in [2.05, 4.69) is 36.5 Å². The zero-order chi connectivity index (χ0) is 26.8. The summed E-state index contributed by atoms with van der Waals surface area (Å²) in [5.41, 5.74) is 3.96. The summed E-state index contributed by atoms with van der Waals surface area (Å²) < 4.78 is 0. The minimum atomic E-state index is -0.710. The van der Waals surface area contributed by atoms with Crippen molar-refractivity contribution in [2.75, 3.05) is 0 Å². The Bertz CT molecular complexity index is 1150. The first-order chi connectivity index (χ1) is 17.8. The molecule has 4 nitrogen and oxygen atoms in total. The maximum Gasteiger partial charge on any atom is 0.243 e. The lowest BCUT2D eigenvalue weighted by Gasteiger charge is -2.33. The van der Waals surface area contributed by atoms with E-state index < -0.39 is 6.04 Å². The van der Waals surface area contributed by atoms with Crippen LogP contribution in [0.15, 0.2) is 72.8 Å². The van der Waals surface area contributed by atoms with Gasteiger partial charge >= 0.3 is 0 Å². The van der Waals surface area contributed by atoms with Crippen LogP contribution >= 0.6 is 23.2 Å². The van der Waals surface area contributed by atoms with E-state index in [1.165, 1.54) is 5.56 Å². The van der Waals surface area contributed by atoms with Gasteiger partial charge in [0.15, 0.2) is 0 Å². The van der Waals surface area contributed by atoms with Gasteiger partial charge in [0, 0.05) is 41.0 Å². The van der Waals surface area contributed by atoms with Crippen molar-refractivity contribution in [3.63, 3.8) is 0 Å². The highest BCUT2D eigenvalue weighted by Gasteiger charge is 2.31. The molecule has 6 heteroatoms. The molecule has 0 bridgehead atoms. The third kappa shape index (κ3) is 8.34. The normalized spacial score (nSPS) is 12.6. The fourth-order valence-electron chi connectivity index (χ4n) is 4.19. The van der Waals surface area contributed by atoms with Crippen LogP contribution in [0.25, 0.3) is 0 Å². The largest absolute Gasteiger partial charge is 0.352 e. The van der Waals surface area contributed by atoms with Gasteiger partial charge in [-0.25, -0.2) is 0 Å². The van der Waals surface area contributed by atoms with Gasteiger partial charge in [-0.05, 0) is 55.0 Å². The molecule has 3 rings (SSSR count). The van der Waals surface area contributed by atoms with Gasteiger partial charge in [0.25, 0.3) is 0 Å². The highest BCUT2D eigenvalue weighted by atomic mass is 35.5. The third-order valence-corrected chi connectivity index (χ3v) is 7.43. The standard InChI is InChI=1S/C31H36Cl2N2O2/c1-4-22(3)34-31(37)29(20-25-10-7-6-8-11-25)35(21-26-27(32)12-9-13-28(26)33)30(36)19-18-24-16-14-23(5-2)15-17-24/h6-17,22,29H,4-5,18-21H2,1-3H3,(H,34,37). The maximum absolute atomic E-state index is 13.8. The van der Waals surface area contributed by atoms with Crippen molar-refractivity contribution in [3.05, 3.63) is 105 Å². The molecule has 0 aliphatic heterocycles. The molecule has 0 fully saturated rings. The number of benzene rings is 3. The van der Waals surface area contributed by atoms with Crippen molar-refractivity contribution in [3.8, 4) is 0 Å². The number of hydrogen-bond donors (Lipinski definition) is 1. The van der Waals surface area contributed by atoms with E-state index in [9.17, 15) is 9.59 Å². The molecule has 0 aliphatic carbocycles. The molecule has 2 unspecified atom stereocenters. The van der Waals surface area contributed by atoms with Crippen LogP contribution in [-0.2, 0) is 35.4 Å². The Morgan fingerprint density at radius 2 is 1.46 bits per heavy atom. The number of aryl methyl sites for hydroxylation is 2. The van der Waals surface area contributed by atoms with Crippen LogP contribution < -0.4 is 5.32 Å². The highest BCUT2D eigenvalue weighted by molar-refractivity contribution is 6.36. The molecule has 1 N–H and O–H groups in total. The van der Waals surface area contributed by atoms with Gasteiger partial charge in [-0.15, -0.1) is 0 Å². The molecule has 0 radical (unpaired) electrons. The van der Waals surface area contributed by atoms with Gasteiger partial charge in [-0.1, -0.05) is 97.7 Å². The zero-order valence-electron chi connectivity index (χ0n) is 21.8. The fourth-order valence-corrected chi connectivity index (χ4v) is 4.70. The van der Waals surface area contributed by atoms with Gasteiger partial charge in [0.1, 0.15) is 6.04 Å². The molecule has 0 spiro atoms. The molecule has 2 amide bonds. The lowest BCUT2D eigenvalue weighted by Crippen LogP contribution is -2.52. The Morgan fingerprint density at radius 1 is 0.838 bits per heavy atom. The monoisotopic (exact) mass is 538 g/mol. The second kappa shape index (κ2) is 14.2. The first-order valence-corrected chi connectivity index (χ1v) is 13.7. The van der Waals surface area contributed by atoms with E-state index in [4.69, 9.17) is 23.2 Å². The molecule has 0 aliphatic rings. The van der Waals surface area contributed by atoms with E-state index in [-0.39, 0.29) is 30.8 Å². The van der Waals surface area contributed by atoms with Crippen LogP contribution in [0.5, 0.6) is 0 Å².